The van der Waals surface area contributed by atoms with E-state index in [0.717, 1.165) is 32.7 Å². The number of anilines is 2. The van der Waals surface area contributed by atoms with Gasteiger partial charge in [0, 0.05) is 58.2 Å². The summed E-state index contributed by atoms with van der Waals surface area (Å²) in [5.74, 6) is 0. The summed E-state index contributed by atoms with van der Waals surface area (Å²) in [6.07, 6.45) is 4.51. The summed E-state index contributed by atoms with van der Waals surface area (Å²) in [5.41, 5.74) is 3.85. The minimum atomic E-state index is 1.03. The summed E-state index contributed by atoms with van der Waals surface area (Å²) in [4.78, 5) is 7.12. The lowest BCUT2D eigenvalue weighted by Gasteiger charge is -2.35. The zero-order valence-corrected chi connectivity index (χ0v) is 14.7. The Balaban J connectivity index is 1.46. The van der Waals surface area contributed by atoms with Gasteiger partial charge in [-0.05, 0) is 29.8 Å². The summed E-state index contributed by atoms with van der Waals surface area (Å²) < 4.78 is 0. The molecule has 3 heteroatoms. The van der Waals surface area contributed by atoms with Crippen molar-refractivity contribution in [1.82, 2.24) is 4.90 Å². The van der Waals surface area contributed by atoms with Gasteiger partial charge in [0.1, 0.15) is 0 Å². The van der Waals surface area contributed by atoms with Gasteiger partial charge in [0.15, 0.2) is 0 Å². The standard InChI is InChI=1S/C21H27N3/c1-22(2)20-12-10-19(11-13-20)7-6-14-23-15-17-24(18-16-23)21-8-4-3-5-9-21/h3-13H,14-18H2,1-2H3/b7-6+. The number of piperazine rings is 1. The topological polar surface area (TPSA) is 9.72 Å². The van der Waals surface area contributed by atoms with E-state index in [1.54, 1.807) is 0 Å². The molecular weight excluding hydrogens is 294 g/mol. The highest BCUT2D eigenvalue weighted by Crippen LogP contribution is 2.16. The molecule has 0 bridgehead atoms. The van der Waals surface area contributed by atoms with E-state index in [0.29, 0.717) is 0 Å². The van der Waals surface area contributed by atoms with Gasteiger partial charge in [-0.2, -0.15) is 0 Å². The second kappa shape index (κ2) is 8.02. The van der Waals surface area contributed by atoms with E-state index in [1.807, 2.05) is 0 Å². The molecule has 1 saturated heterocycles. The Kier molecular flexibility index (Phi) is 5.55. The molecule has 0 aromatic heterocycles. The van der Waals surface area contributed by atoms with Gasteiger partial charge in [0.25, 0.3) is 0 Å². The molecule has 3 nitrogen and oxygen atoms in total. The van der Waals surface area contributed by atoms with Crippen LogP contribution >= 0.6 is 0 Å². The van der Waals surface area contributed by atoms with E-state index in [1.165, 1.54) is 16.9 Å². The third-order valence-electron chi connectivity index (χ3n) is 4.58. The van der Waals surface area contributed by atoms with E-state index < -0.39 is 0 Å². The maximum Gasteiger partial charge on any atom is 0.0367 e. The molecule has 0 saturated carbocycles. The lowest BCUT2D eigenvalue weighted by molar-refractivity contribution is 0.284. The number of benzene rings is 2. The molecule has 0 radical (unpaired) electrons. The normalized spacial score (nSPS) is 15.8. The number of hydrogen-bond acceptors (Lipinski definition) is 3. The van der Waals surface area contributed by atoms with E-state index in [4.69, 9.17) is 0 Å². The smallest absolute Gasteiger partial charge is 0.0367 e. The number of para-hydroxylation sites is 1. The van der Waals surface area contributed by atoms with Crippen LogP contribution in [0.15, 0.2) is 60.7 Å². The molecule has 1 heterocycles. The predicted molar refractivity (Wildman–Crippen MR) is 105 cm³/mol. The minimum absolute atomic E-state index is 1.03. The van der Waals surface area contributed by atoms with Crippen LogP contribution in [0.3, 0.4) is 0 Å². The first-order valence-corrected chi connectivity index (χ1v) is 8.69. The minimum Gasteiger partial charge on any atom is -0.378 e. The molecule has 126 valence electrons. The fourth-order valence-electron chi connectivity index (χ4n) is 3.05. The molecule has 0 spiro atoms. The van der Waals surface area contributed by atoms with Gasteiger partial charge < -0.3 is 9.80 Å². The predicted octanol–water partition coefficient (Wildman–Crippen LogP) is 3.59. The highest BCUT2D eigenvalue weighted by molar-refractivity contribution is 5.55. The van der Waals surface area contributed by atoms with Gasteiger partial charge >= 0.3 is 0 Å². The lowest BCUT2D eigenvalue weighted by atomic mass is 10.2. The molecule has 0 N–H and O–H groups in total. The zero-order chi connectivity index (χ0) is 16.8. The molecule has 0 unspecified atom stereocenters. The maximum atomic E-state index is 2.52. The van der Waals surface area contributed by atoms with Crippen molar-refractivity contribution in [2.75, 3.05) is 56.6 Å². The highest BCUT2D eigenvalue weighted by atomic mass is 15.3. The van der Waals surface area contributed by atoms with Crippen molar-refractivity contribution in [3.8, 4) is 0 Å². The molecule has 0 amide bonds. The summed E-state index contributed by atoms with van der Waals surface area (Å²) in [7, 11) is 4.14. The molecule has 2 aromatic rings. The van der Waals surface area contributed by atoms with Crippen LogP contribution in [0.4, 0.5) is 11.4 Å². The first kappa shape index (κ1) is 16.6. The average molecular weight is 321 g/mol. The molecule has 2 aromatic carbocycles. The second-order valence-electron chi connectivity index (χ2n) is 6.51. The number of hydrogen-bond donors (Lipinski definition) is 0. The second-order valence-corrected chi connectivity index (χ2v) is 6.51. The Bertz CT molecular complexity index is 639. The van der Waals surface area contributed by atoms with Crippen molar-refractivity contribution >= 4 is 17.5 Å². The summed E-state index contributed by atoms with van der Waals surface area (Å²) in [6.45, 7) is 5.49. The zero-order valence-electron chi connectivity index (χ0n) is 14.7. The van der Waals surface area contributed by atoms with Crippen molar-refractivity contribution in [2.45, 2.75) is 0 Å². The summed E-state index contributed by atoms with van der Waals surface area (Å²) in [6, 6.07) is 19.4. The van der Waals surface area contributed by atoms with Crippen molar-refractivity contribution in [1.29, 1.82) is 0 Å². The van der Waals surface area contributed by atoms with Crippen molar-refractivity contribution < 1.29 is 0 Å². The molecule has 3 rings (SSSR count). The van der Waals surface area contributed by atoms with Crippen molar-refractivity contribution in [3.05, 3.63) is 66.2 Å². The van der Waals surface area contributed by atoms with E-state index >= 15 is 0 Å². The molecule has 0 atom stereocenters. The Morgan fingerprint density at radius 1 is 0.875 bits per heavy atom. The van der Waals surface area contributed by atoms with Gasteiger partial charge in [-0.25, -0.2) is 0 Å². The van der Waals surface area contributed by atoms with E-state index in [9.17, 15) is 0 Å². The van der Waals surface area contributed by atoms with Crippen LogP contribution in [0.2, 0.25) is 0 Å². The Hall–Kier alpha value is -2.26. The van der Waals surface area contributed by atoms with Crippen LogP contribution in [-0.2, 0) is 0 Å². The maximum absolute atomic E-state index is 2.52. The van der Waals surface area contributed by atoms with Crippen LogP contribution in [0.5, 0.6) is 0 Å². The first-order chi connectivity index (χ1) is 11.7. The molecule has 1 aliphatic heterocycles. The fourth-order valence-corrected chi connectivity index (χ4v) is 3.05. The van der Waals surface area contributed by atoms with Crippen LogP contribution < -0.4 is 9.80 Å². The third-order valence-corrected chi connectivity index (χ3v) is 4.58. The van der Waals surface area contributed by atoms with Gasteiger partial charge in [0.2, 0.25) is 0 Å². The van der Waals surface area contributed by atoms with Crippen molar-refractivity contribution in [2.24, 2.45) is 0 Å². The monoisotopic (exact) mass is 321 g/mol. The van der Waals surface area contributed by atoms with Crippen LogP contribution in [0.25, 0.3) is 6.08 Å². The Labute approximate surface area is 145 Å². The van der Waals surface area contributed by atoms with Crippen LogP contribution in [0, 0.1) is 0 Å². The number of rotatable bonds is 5. The van der Waals surface area contributed by atoms with E-state index in [-0.39, 0.29) is 0 Å². The molecule has 0 aliphatic carbocycles. The van der Waals surface area contributed by atoms with Gasteiger partial charge in [-0.1, -0.05) is 42.5 Å². The number of nitrogens with zero attached hydrogens (tertiary/aromatic N) is 3. The van der Waals surface area contributed by atoms with Crippen molar-refractivity contribution in [3.63, 3.8) is 0 Å². The molecule has 1 aliphatic rings. The van der Waals surface area contributed by atoms with Crippen LogP contribution in [-0.4, -0.2) is 51.7 Å². The average Bonchev–Trinajstić information content (AvgIpc) is 2.63. The SMILES string of the molecule is CN(C)c1ccc(/C=C/CN2CCN(c3ccccc3)CC2)cc1. The largest absolute Gasteiger partial charge is 0.378 e. The molecular formula is C21H27N3. The lowest BCUT2D eigenvalue weighted by Crippen LogP contribution is -2.46. The van der Waals surface area contributed by atoms with Crippen LogP contribution in [0.1, 0.15) is 5.56 Å². The quantitative estimate of drug-likeness (QED) is 0.833. The first-order valence-electron chi connectivity index (χ1n) is 8.69. The third kappa shape index (κ3) is 4.39. The summed E-state index contributed by atoms with van der Waals surface area (Å²) >= 11 is 0. The Morgan fingerprint density at radius 3 is 2.17 bits per heavy atom. The molecule has 24 heavy (non-hydrogen) atoms. The summed E-state index contributed by atoms with van der Waals surface area (Å²) in [5, 5.41) is 0. The Morgan fingerprint density at radius 2 is 1.54 bits per heavy atom. The fraction of sp³-hybridized carbons (Fsp3) is 0.333. The van der Waals surface area contributed by atoms with Gasteiger partial charge in [-0.3, -0.25) is 4.90 Å². The van der Waals surface area contributed by atoms with E-state index in [2.05, 4.69) is 95.5 Å². The highest BCUT2D eigenvalue weighted by Gasteiger charge is 2.15. The van der Waals surface area contributed by atoms with Gasteiger partial charge in [0.05, 0.1) is 0 Å². The molecule has 1 fully saturated rings. The van der Waals surface area contributed by atoms with Gasteiger partial charge in [-0.15, -0.1) is 0 Å².